The lowest BCUT2D eigenvalue weighted by atomic mass is 9.47. The summed E-state index contributed by atoms with van der Waals surface area (Å²) in [5.41, 5.74) is 0.460. The minimum Gasteiger partial charge on any atom is -0.396 e. The summed E-state index contributed by atoms with van der Waals surface area (Å²) in [6.45, 7) is 5.12. The molecule has 0 aromatic carbocycles. The molecule has 0 aromatic heterocycles. The van der Waals surface area contributed by atoms with E-state index < -0.39 is 0 Å². The number of fused-ring (bicyclic) bond motifs is 3. The fraction of sp³-hybridized carbons (Fsp3) is 1.00. The monoisotopic (exact) mass is 266 g/mol. The molecule has 0 radical (unpaired) electrons. The van der Waals surface area contributed by atoms with E-state index in [1.165, 1.54) is 38.5 Å². The molecule has 0 amide bonds. The zero-order valence-electron chi connectivity index (χ0n) is 12.5. The smallest absolute Gasteiger partial charge is 0.0621 e. The van der Waals surface area contributed by atoms with Crippen molar-refractivity contribution in [3.63, 3.8) is 0 Å². The predicted molar refractivity (Wildman–Crippen MR) is 76.6 cm³/mol. The van der Waals surface area contributed by atoms with Crippen molar-refractivity contribution in [1.29, 1.82) is 0 Å². The van der Waals surface area contributed by atoms with Crippen LogP contribution in [0, 0.1) is 35.0 Å². The van der Waals surface area contributed by atoms with E-state index in [1.54, 1.807) is 0 Å². The first kappa shape index (κ1) is 13.9. The molecule has 0 spiro atoms. The molecule has 2 nitrogen and oxygen atoms in total. The fourth-order valence-corrected chi connectivity index (χ4v) is 6.04. The molecule has 3 rings (SSSR count). The molecule has 0 saturated heterocycles. The number of rotatable bonds is 1. The maximum atomic E-state index is 10.6. The molecule has 1 unspecified atom stereocenters. The van der Waals surface area contributed by atoms with Crippen molar-refractivity contribution in [3.05, 3.63) is 0 Å². The van der Waals surface area contributed by atoms with Gasteiger partial charge in [0.25, 0.3) is 0 Å². The molecule has 3 saturated carbocycles. The van der Waals surface area contributed by atoms with E-state index >= 15 is 0 Å². The SMILES string of the molecule is C[C@H]1CCC[C@@]2(C)[C@@H]3CC[C@H](CO)[C@@H](O)C3CC[C@H]12. The van der Waals surface area contributed by atoms with Gasteiger partial charge in [0.15, 0.2) is 0 Å². The third-order valence-corrected chi connectivity index (χ3v) is 7.09. The molecule has 0 heterocycles. The molecule has 2 heteroatoms. The Hall–Kier alpha value is -0.0800. The van der Waals surface area contributed by atoms with Gasteiger partial charge in [0, 0.05) is 12.5 Å². The highest BCUT2D eigenvalue weighted by Crippen LogP contribution is 2.60. The van der Waals surface area contributed by atoms with Crippen molar-refractivity contribution in [1.82, 2.24) is 0 Å². The van der Waals surface area contributed by atoms with Gasteiger partial charge in [-0.05, 0) is 61.2 Å². The molecule has 0 bridgehead atoms. The first-order valence-corrected chi connectivity index (χ1v) is 8.37. The average molecular weight is 266 g/mol. The Balaban J connectivity index is 1.84. The summed E-state index contributed by atoms with van der Waals surface area (Å²) in [7, 11) is 0. The minimum absolute atomic E-state index is 0.141. The van der Waals surface area contributed by atoms with Crippen LogP contribution in [-0.2, 0) is 0 Å². The van der Waals surface area contributed by atoms with E-state index in [-0.39, 0.29) is 18.6 Å². The van der Waals surface area contributed by atoms with Crippen LogP contribution in [0.4, 0.5) is 0 Å². The summed E-state index contributed by atoms with van der Waals surface area (Å²) >= 11 is 0. The average Bonchev–Trinajstić information content (AvgIpc) is 2.39. The number of aliphatic hydroxyl groups excluding tert-OH is 2. The maximum Gasteiger partial charge on any atom is 0.0621 e. The van der Waals surface area contributed by atoms with Crippen LogP contribution in [0.15, 0.2) is 0 Å². The van der Waals surface area contributed by atoms with Crippen molar-refractivity contribution >= 4 is 0 Å². The highest BCUT2D eigenvalue weighted by atomic mass is 16.3. The molecular formula is C17H30O2. The van der Waals surface area contributed by atoms with Gasteiger partial charge in [-0.25, -0.2) is 0 Å². The highest BCUT2D eigenvalue weighted by molar-refractivity contribution is 5.03. The van der Waals surface area contributed by atoms with Crippen molar-refractivity contribution in [2.24, 2.45) is 35.0 Å². The van der Waals surface area contributed by atoms with Crippen LogP contribution >= 0.6 is 0 Å². The number of hydrogen-bond acceptors (Lipinski definition) is 2. The second-order valence-corrected chi connectivity index (χ2v) is 7.84. The maximum absolute atomic E-state index is 10.6. The van der Waals surface area contributed by atoms with Crippen molar-refractivity contribution in [2.75, 3.05) is 6.61 Å². The molecule has 7 atom stereocenters. The van der Waals surface area contributed by atoms with E-state index in [2.05, 4.69) is 13.8 Å². The first-order chi connectivity index (χ1) is 9.08. The normalized spacial score (nSPS) is 54.3. The largest absolute Gasteiger partial charge is 0.396 e. The van der Waals surface area contributed by atoms with Gasteiger partial charge in [-0.15, -0.1) is 0 Å². The predicted octanol–water partition coefficient (Wildman–Crippen LogP) is 3.22. The third kappa shape index (κ3) is 2.06. The van der Waals surface area contributed by atoms with Crippen molar-refractivity contribution in [3.8, 4) is 0 Å². The molecule has 2 N–H and O–H groups in total. The Morgan fingerprint density at radius 2 is 1.79 bits per heavy atom. The summed E-state index contributed by atoms with van der Waals surface area (Å²) in [6, 6.07) is 0. The number of aliphatic hydroxyl groups is 2. The van der Waals surface area contributed by atoms with Gasteiger partial charge in [-0.1, -0.05) is 26.7 Å². The Kier molecular flexibility index (Phi) is 3.68. The molecule has 110 valence electrons. The second kappa shape index (κ2) is 5.04. The molecule has 0 aliphatic heterocycles. The zero-order valence-corrected chi connectivity index (χ0v) is 12.5. The standard InChI is InChI=1S/C17H30O2/c1-11-4-3-9-17(2)14(11)8-6-13-15(17)7-5-12(10-18)16(13)19/h11-16,18-19H,3-10H2,1-2H3/t11-,12+,13?,14+,15+,16+,17+/m0/s1. The number of hydrogen-bond donors (Lipinski definition) is 2. The van der Waals surface area contributed by atoms with Gasteiger partial charge in [0.05, 0.1) is 6.10 Å². The van der Waals surface area contributed by atoms with E-state index in [0.717, 1.165) is 18.3 Å². The van der Waals surface area contributed by atoms with E-state index in [4.69, 9.17) is 0 Å². The van der Waals surface area contributed by atoms with Gasteiger partial charge < -0.3 is 10.2 Å². The lowest BCUT2D eigenvalue weighted by Gasteiger charge is -2.59. The van der Waals surface area contributed by atoms with Gasteiger partial charge in [0.2, 0.25) is 0 Å². The lowest BCUT2D eigenvalue weighted by molar-refractivity contribution is -0.136. The van der Waals surface area contributed by atoms with Crippen LogP contribution in [0.2, 0.25) is 0 Å². The van der Waals surface area contributed by atoms with E-state index in [9.17, 15) is 10.2 Å². The Morgan fingerprint density at radius 3 is 2.53 bits per heavy atom. The topological polar surface area (TPSA) is 40.5 Å². The fourth-order valence-electron chi connectivity index (χ4n) is 6.04. The zero-order chi connectivity index (χ0) is 13.6. The summed E-state index contributed by atoms with van der Waals surface area (Å²) < 4.78 is 0. The second-order valence-electron chi connectivity index (χ2n) is 7.84. The highest BCUT2D eigenvalue weighted by Gasteiger charge is 2.54. The summed E-state index contributed by atoms with van der Waals surface area (Å²) in [4.78, 5) is 0. The van der Waals surface area contributed by atoms with E-state index in [1.807, 2.05) is 0 Å². The van der Waals surface area contributed by atoms with Crippen molar-refractivity contribution in [2.45, 2.75) is 64.9 Å². The summed E-state index contributed by atoms with van der Waals surface area (Å²) in [6.07, 6.45) is 8.62. The van der Waals surface area contributed by atoms with Crippen molar-refractivity contribution < 1.29 is 10.2 Å². The van der Waals surface area contributed by atoms with Crippen LogP contribution in [0.1, 0.15) is 58.8 Å². The third-order valence-electron chi connectivity index (χ3n) is 7.09. The van der Waals surface area contributed by atoms with Crippen LogP contribution in [0.5, 0.6) is 0 Å². The van der Waals surface area contributed by atoms with Gasteiger partial charge in [-0.3, -0.25) is 0 Å². The Bertz CT molecular complexity index is 329. The lowest BCUT2D eigenvalue weighted by Crippen LogP contribution is -2.54. The molecule has 0 aromatic rings. The first-order valence-electron chi connectivity index (χ1n) is 8.37. The van der Waals surface area contributed by atoms with Crippen LogP contribution in [0.3, 0.4) is 0 Å². The quantitative estimate of drug-likeness (QED) is 0.765. The van der Waals surface area contributed by atoms with Crippen LogP contribution < -0.4 is 0 Å². The van der Waals surface area contributed by atoms with Gasteiger partial charge >= 0.3 is 0 Å². The van der Waals surface area contributed by atoms with Gasteiger partial charge in [-0.2, -0.15) is 0 Å². The molecular weight excluding hydrogens is 236 g/mol. The molecule has 3 aliphatic carbocycles. The molecule has 19 heavy (non-hydrogen) atoms. The molecule has 3 fully saturated rings. The molecule has 3 aliphatic rings. The van der Waals surface area contributed by atoms with Crippen LogP contribution in [0.25, 0.3) is 0 Å². The summed E-state index contributed by atoms with van der Waals surface area (Å²) in [5.74, 6) is 3.04. The van der Waals surface area contributed by atoms with Crippen LogP contribution in [-0.4, -0.2) is 22.9 Å². The van der Waals surface area contributed by atoms with Gasteiger partial charge in [0.1, 0.15) is 0 Å². The Labute approximate surface area is 117 Å². The summed E-state index contributed by atoms with van der Waals surface area (Å²) in [5, 5.41) is 20.0. The Morgan fingerprint density at radius 1 is 1.05 bits per heavy atom. The van der Waals surface area contributed by atoms with E-state index in [0.29, 0.717) is 17.3 Å². The minimum atomic E-state index is -0.251.